The lowest BCUT2D eigenvalue weighted by atomic mass is 10.2. The molecule has 1 amide bonds. The SMILES string of the molecule is COCC(=O)N(C)Cc1ccc(O)c(OC)c1. The summed E-state index contributed by atoms with van der Waals surface area (Å²) in [5.41, 5.74) is 0.881. The van der Waals surface area contributed by atoms with E-state index in [1.165, 1.54) is 14.2 Å². The second kappa shape index (κ2) is 6.10. The van der Waals surface area contributed by atoms with Gasteiger partial charge in [0.15, 0.2) is 11.5 Å². The van der Waals surface area contributed by atoms with E-state index in [1.807, 2.05) is 0 Å². The van der Waals surface area contributed by atoms with Gasteiger partial charge in [-0.25, -0.2) is 0 Å². The van der Waals surface area contributed by atoms with E-state index in [4.69, 9.17) is 9.47 Å². The van der Waals surface area contributed by atoms with Gasteiger partial charge in [-0.1, -0.05) is 6.07 Å². The number of amides is 1. The van der Waals surface area contributed by atoms with Crippen molar-refractivity contribution in [3.05, 3.63) is 23.8 Å². The maximum absolute atomic E-state index is 11.5. The van der Waals surface area contributed by atoms with Crippen LogP contribution in [0.15, 0.2) is 18.2 Å². The highest BCUT2D eigenvalue weighted by molar-refractivity contribution is 5.77. The average Bonchev–Trinajstić information content (AvgIpc) is 2.31. The number of hydrogen-bond donors (Lipinski definition) is 1. The Morgan fingerprint density at radius 2 is 2.12 bits per heavy atom. The number of benzene rings is 1. The molecule has 0 aromatic heterocycles. The number of aromatic hydroxyl groups is 1. The molecule has 0 radical (unpaired) electrons. The minimum atomic E-state index is -0.0976. The summed E-state index contributed by atoms with van der Waals surface area (Å²) in [5.74, 6) is 0.386. The molecule has 0 saturated heterocycles. The summed E-state index contributed by atoms with van der Waals surface area (Å²) in [4.78, 5) is 13.0. The number of phenols is 1. The van der Waals surface area contributed by atoms with Crippen LogP contribution in [0.25, 0.3) is 0 Å². The Balaban J connectivity index is 2.71. The minimum absolute atomic E-state index is 0.0612. The molecule has 0 aliphatic heterocycles. The summed E-state index contributed by atoms with van der Waals surface area (Å²) in [6.07, 6.45) is 0. The molecule has 0 fully saturated rings. The summed E-state index contributed by atoms with van der Waals surface area (Å²) >= 11 is 0. The van der Waals surface area contributed by atoms with Crippen LogP contribution in [0.5, 0.6) is 11.5 Å². The fraction of sp³-hybridized carbons (Fsp3) is 0.417. The third-order valence-electron chi connectivity index (χ3n) is 2.36. The van der Waals surface area contributed by atoms with Gasteiger partial charge in [-0.05, 0) is 17.7 Å². The second-order valence-corrected chi connectivity index (χ2v) is 3.69. The van der Waals surface area contributed by atoms with Gasteiger partial charge in [-0.2, -0.15) is 0 Å². The van der Waals surface area contributed by atoms with Crippen molar-refractivity contribution in [3.8, 4) is 11.5 Å². The monoisotopic (exact) mass is 239 g/mol. The van der Waals surface area contributed by atoms with Gasteiger partial charge in [0.25, 0.3) is 0 Å². The van der Waals surface area contributed by atoms with Crippen LogP contribution in [-0.4, -0.2) is 43.8 Å². The lowest BCUT2D eigenvalue weighted by Crippen LogP contribution is -2.29. The highest BCUT2D eigenvalue weighted by atomic mass is 16.5. The van der Waals surface area contributed by atoms with Gasteiger partial charge in [0.05, 0.1) is 7.11 Å². The molecule has 1 aromatic rings. The highest BCUT2D eigenvalue weighted by Gasteiger charge is 2.10. The first-order valence-electron chi connectivity index (χ1n) is 5.17. The molecule has 17 heavy (non-hydrogen) atoms. The van der Waals surface area contributed by atoms with E-state index >= 15 is 0 Å². The molecule has 0 atom stereocenters. The van der Waals surface area contributed by atoms with Crippen LogP contribution >= 0.6 is 0 Å². The van der Waals surface area contributed by atoms with E-state index in [-0.39, 0.29) is 18.3 Å². The molecule has 5 heteroatoms. The predicted octanol–water partition coefficient (Wildman–Crippen LogP) is 1.01. The second-order valence-electron chi connectivity index (χ2n) is 3.69. The molecule has 0 saturated carbocycles. The maximum Gasteiger partial charge on any atom is 0.248 e. The number of likely N-dealkylation sites (N-methyl/N-ethyl adjacent to an activating group) is 1. The topological polar surface area (TPSA) is 59.0 Å². The van der Waals surface area contributed by atoms with Gasteiger partial charge < -0.3 is 19.5 Å². The normalized spacial score (nSPS) is 10.1. The fourth-order valence-corrected chi connectivity index (χ4v) is 1.42. The zero-order valence-electron chi connectivity index (χ0n) is 10.3. The van der Waals surface area contributed by atoms with Gasteiger partial charge in [0.1, 0.15) is 6.61 Å². The molecule has 0 spiro atoms. The number of phenolic OH excluding ortho intramolecular Hbond substituents is 1. The van der Waals surface area contributed by atoms with Gasteiger partial charge in [0.2, 0.25) is 5.91 Å². The van der Waals surface area contributed by atoms with Crippen molar-refractivity contribution < 1.29 is 19.4 Å². The molecule has 1 aromatic carbocycles. The first kappa shape index (κ1) is 13.3. The summed E-state index contributed by atoms with van der Waals surface area (Å²) in [7, 11) is 4.66. The van der Waals surface area contributed by atoms with Gasteiger partial charge in [-0.15, -0.1) is 0 Å². The standard InChI is InChI=1S/C12H17NO4/c1-13(12(15)8-16-2)7-9-4-5-10(14)11(6-9)17-3/h4-6,14H,7-8H2,1-3H3. The van der Waals surface area contributed by atoms with Crippen LogP contribution < -0.4 is 4.74 Å². The summed E-state index contributed by atoms with van der Waals surface area (Å²) < 4.78 is 9.77. The predicted molar refractivity (Wildman–Crippen MR) is 63.0 cm³/mol. The molecule has 94 valence electrons. The van der Waals surface area contributed by atoms with Gasteiger partial charge in [-0.3, -0.25) is 4.79 Å². The lowest BCUT2D eigenvalue weighted by Gasteiger charge is -2.17. The Morgan fingerprint density at radius 3 is 2.71 bits per heavy atom. The molecule has 1 N–H and O–H groups in total. The number of methoxy groups -OCH3 is 2. The lowest BCUT2D eigenvalue weighted by molar-refractivity contribution is -0.134. The van der Waals surface area contributed by atoms with E-state index < -0.39 is 0 Å². The third-order valence-corrected chi connectivity index (χ3v) is 2.36. The van der Waals surface area contributed by atoms with Crippen LogP contribution in [-0.2, 0) is 16.1 Å². The number of ether oxygens (including phenoxy) is 2. The molecular formula is C12H17NO4. The largest absolute Gasteiger partial charge is 0.504 e. The van der Waals surface area contributed by atoms with Crippen molar-refractivity contribution >= 4 is 5.91 Å². The van der Waals surface area contributed by atoms with Crippen molar-refractivity contribution in [1.29, 1.82) is 0 Å². The zero-order valence-corrected chi connectivity index (χ0v) is 10.3. The van der Waals surface area contributed by atoms with Crippen LogP contribution in [0.1, 0.15) is 5.56 Å². The number of nitrogens with zero attached hydrogens (tertiary/aromatic N) is 1. The molecule has 0 heterocycles. The molecular weight excluding hydrogens is 222 g/mol. The zero-order chi connectivity index (χ0) is 12.8. The van der Waals surface area contributed by atoms with Crippen LogP contribution in [0, 0.1) is 0 Å². The number of rotatable bonds is 5. The van der Waals surface area contributed by atoms with Crippen LogP contribution in [0.3, 0.4) is 0 Å². The molecule has 0 aliphatic rings. The van der Waals surface area contributed by atoms with E-state index in [0.29, 0.717) is 12.3 Å². The summed E-state index contributed by atoms with van der Waals surface area (Å²) in [6, 6.07) is 4.99. The fourth-order valence-electron chi connectivity index (χ4n) is 1.42. The van der Waals surface area contributed by atoms with E-state index in [1.54, 1.807) is 30.1 Å². The van der Waals surface area contributed by atoms with Crippen LogP contribution in [0.2, 0.25) is 0 Å². The van der Waals surface area contributed by atoms with E-state index in [0.717, 1.165) is 5.56 Å². The van der Waals surface area contributed by atoms with Crippen LogP contribution in [0.4, 0.5) is 0 Å². The van der Waals surface area contributed by atoms with Crippen molar-refractivity contribution in [2.45, 2.75) is 6.54 Å². The Labute approximate surface area is 101 Å². The molecule has 0 bridgehead atoms. The molecule has 1 rings (SSSR count). The van der Waals surface area contributed by atoms with Crippen molar-refractivity contribution in [1.82, 2.24) is 4.90 Å². The Hall–Kier alpha value is -1.75. The number of carbonyl (C=O) groups excluding carboxylic acids is 1. The number of carbonyl (C=O) groups is 1. The summed E-state index contributed by atoms with van der Waals surface area (Å²) in [5, 5.41) is 9.44. The highest BCUT2D eigenvalue weighted by Crippen LogP contribution is 2.26. The van der Waals surface area contributed by atoms with E-state index in [2.05, 4.69) is 0 Å². The van der Waals surface area contributed by atoms with Crippen molar-refractivity contribution in [2.75, 3.05) is 27.9 Å². The Bertz CT molecular complexity index is 392. The molecule has 5 nitrogen and oxygen atoms in total. The smallest absolute Gasteiger partial charge is 0.248 e. The van der Waals surface area contributed by atoms with Crippen molar-refractivity contribution in [3.63, 3.8) is 0 Å². The third kappa shape index (κ3) is 3.64. The first-order chi connectivity index (χ1) is 8.08. The minimum Gasteiger partial charge on any atom is -0.504 e. The number of hydrogen-bond acceptors (Lipinski definition) is 4. The quantitative estimate of drug-likeness (QED) is 0.833. The van der Waals surface area contributed by atoms with E-state index in [9.17, 15) is 9.90 Å². The van der Waals surface area contributed by atoms with Crippen molar-refractivity contribution in [2.24, 2.45) is 0 Å². The summed E-state index contributed by atoms with van der Waals surface area (Å²) in [6.45, 7) is 0.505. The van der Waals surface area contributed by atoms with Gasteiger partial charge >= 0.3 is 0 Å². The maximum atomic E-state index is 11.5. The Morgan fingerprint density at radius 1 is 1.41 bits per heavy atom. The molecule has 0 aliphatic carbocycles. The van der Waals surface area contributed by atoms with Gasteiger partial charge in [0, 0.05) is 20.7 Å². The first-order valence-corrected chi connectivity index (χ1v) is 5.17. The molecule has 0 unspecified atom stereocenters. The Kier molecular flexibility index (Phi) is 4.78. The average molecular weight is 239 g/mol.